The number of hydrogen-bond donors (Lipinski definition) is 1. The van der Waals surface area contributed by atoms with Crippen molar-refractivity contribution in [3.05, 3.63) is 35.4 Å². The van der Waals surface area contributed by atoms with Crippen LogP contribution in [0.3, 0.4) is 0 Å². The zero-order valence-electron chi connectivity index (χ0n) is 14.2. The van der Waals surface area contributed by atoms with Crippen molar-refractivity contribution >= 4 is 5.97 Å². The van der Waals surface area contributed by atoms with Gasteiger partial charge in [-0.2, -0.15) is 0 Å². The van der Waals surface area contributed by atoms with E-state index in [1.54, 1.807) is 0 Å². The first-order chi connectivity index (χ1) is 9.75. The third-order valence-electron chi connectivity index (χ3n) is 3.36. The first kappa shape index (κ1) is 17.7. The molecule has 1 aromatic carbocycles. The van der Waals surface area contributed by atoms with Crippen molar-refractivity contribution in [1.29, 1.82) is 0 Å². The highest BCUT2D eigenvalue weighted by atomic mass is 16.5. The summed E-state index contributed by atoms with van der Waals surface area (Å²) in [5.41, 5.74) is 2.34. The number of hydrogen-bond acceptors (Lipinski definition) is 3. The van der Waals surface area contributed by atoms with Gasteiger partial charge in [0.2, 0.25) is 0 Å². The first-order valence-electron chi connectivity index (χ1n) is 7.76. The van der Waals surface area contributed by atoms with Gasteiger partial charge in [0, 0.05) is 0 Å². The number of esters is 1. The highest BCUT2D eigenvalue weighted by molar-refractivity contribution is 5.77. The molecule has 1 unspecified atom stereocenters. The predicted octanol–water partition coefficient (Wildman–Crippen LogP) is 3.83. The number of rotatable bonds is 6. The number of ether oxygens (including phenoxy) is 1. The van der Waals surface area contributed by atoms with E-state index in [1.165, 1.54) is 5.56 Å². The average molecular weight is 291 g/mol. The van der Waals surface area contributed by atoms with Crippen LogP contribution in [0.25, 0.3) is 0 Å². The normalized spacial score (nSPS) is 13.3. The summed E-state index contributed by atoms with van der Waals surface area (Å²) < 4.78 is 5.19. The molecule has 3 nitrogen and oxygen atoms in total. The second-order valence-electron chi connectivity index (χ2n) is 6.86. The summed E-state index contributed by atoms with van der Waals surface area (Å²) in [6.07, 6.45) is 0. The van der Waals surface area contributed by atoms with Gasteiger partial charge in [0.25, 0.3) is 0 Å². The Morgan fingerprint density at radius 1 is 1.19 bits per heavy atom. The Bertz CT molecular complexity index is 443. The predicted molar refractivity (Wildman–Crippen MR) is 87.4 cm³/mol. The summed E-state index contributed by atoms with van der Waals surface area (Å²) in [6.45, 7) is 13.8. The number of nitrogens with one attached hydrogen (secondary N) is 1. The van der Waals surface area contributed by atoms with E-state index in [1.807, 2.05) is 19.1 Å². The molecule has 1 aromatic rings. The van der Waals surface area contributed by atoms with Gasteiger partial charge in [0.1, 0.15) is 6.04 Å². The standard InChI is InChI=1S/C18H29NO2/c1-7-21-17(20)16(19-12-13(2)3)14-8-10-15(11-9-14)18(4,5)6/h8-11,13,16,19H,7,12H2,1-6H3. The number of benzene rings is 1. The minimum Gasteiger partial charge on any atom is -0.465 e. The highest BCUT2D eigenvalue weighted by Crippen LogP contribution is 2.24. The molecule has 0 amide bonds. The van der Waals surface area contributed by atoms with Gasteiger partial charge < -0.3 is 10.1 Å². The number of carbonyl (C=O) groups is 1. The van der Waals surface area contributed by atoms with Crippen LogP contribution in [0, 0.1) is 5.92 Å². The molecule has 0 aliphatic heterocycles. The van der Waals surface area contributed by atoms with Gasteiger partial charge in [-0.1, -0.05) is 58.9 Å². The topological polar surface area (TPSA) is 38.3 Å². The van der Waals surface area contributed by atoms with Crippen molar-refractivity contribution in [3.8, 4) is 0 Å². The minimum absolute atomic E-state index is 0.114. The maximum atomic E-state index is 12.2. The summed E-state index contributed by atoms with van der Waals surface area (Å²) in [5.74, 6) is 0.275. The fourth-order valence-electron chi connectivity index (χ4n) is 2.09. The van der Waals surface area contributed by atoms with Crippen LogP contribution in [0.15, 0.2) is 24.3 Å². The van der Waals surface area contributed by atoms with Gasteiger partial charge >= 0.3 is 5.97 Å². The van der Waals surface area contributed by atoms with E-state index in [0.29, 0.717) is 12.5 Å². The second-order valence-corrected chi connectivity index (χ2v) is 6.86. The van der Waals surface area contributed by atoms with Crippen LogP contribution in [0.2, 0.25) is 0 Å². The Labute approximate surface area is 129 Å². The quantitative estimate of drug-likeness (QED) is 0.809. The van der Waals surface area contributed by atoms with Crippen LogP contribution in [-0.4, -0.2) is 19.1 Å². The molecule has 1 rings (SSSR count). The van der Waals surface area contributed by atoms with Gasteiger partial charge in [-0.3, -0.25) is 0 Å². The lowest BCUT2D eigenvalue weighted by Gasteiger charge is -2.22. The van der Waals surface area contributed by atoms with Crippen molar-refractivity contribution in [2.75, 3.05) is 13.2 Å². The van der Waals surface area contributed by atoms with Gasteiger partial charge in [-0.15, -0.1) is 0 Å². The van der Waals surface area contributed by atoms with E-state index in [9.17, 15) is 4.79 Å². The van der Waals surface area contributed by atoms with Crippen LogP contribution in [0.4, 0.5) is 0 Å². The van der Waals surface area contributed by atoms with Gasteiger partial charge in [-0.25, -0.2) is 4.79 Å². The fraction of sp³-hybridized carbons (Fsp3) is 0.611. The molecule has 118 valence electrons. The molecule has 21 heavy (non-hydrogen) atoms. The Morgan fingerprint density at radius 3 is 2.19 bits per heavy atom. The third-order valence-corrected chi connectivity index (χ3v) is 3.36. The summed E-state index contributed by atoms with van der Waals surface area (Å²) in [6, 6.07) is 7.85. The molecular formula is C18H29NO2. The zero-order valence-corrected chi connectivity index (χ0v) is 14.2. The minimum atomic E-state index is -0.388. The van der Waals surface area contributed by atoms with E-state index in [0.717, 1.165) is 12.1 Å². The lowest BCUT2D eigenvalue weighted by molar-refractivity contribution is -0.145. The third kappa shape index (κ3) is 5.50. The van der Waals surface area contributed by atoms with Crippen LogP contribution >= 0.6 is 0 Å². The van der Waals surface area contributed by atoms with Crippen molar-refractivity contribution < 1.29 is 9.53 Å². The summed E-state index contributed by atoms with van der Waals surface area (Å²) in [7, 11) is 0. The molecule has 0 heterocycles. The summed E-state index contributed by atoms with van der Waals surface area (Å²) in [5, 5.41) is 3.30. The molecule has 0 bridgehead atoms. The largest absolute Gasteiger partial charge is 0.465 e. The Morgan fingerprint density at radius 2 is 1.76 bits per heavy atom. The fourth-order valence-corrected chi connectivity index (χ4v) is 2.09. The Hall–Kier alpha value is -1.35. The second kappa shape index (κ2) is 7.60. The molecule has 0 radical (unpaired) electrons. The highest BCUT2D eigenvalue weighted by Gasteiger charge is 2.22. The molecule has 1 N–H and O–H groups in total. The lowest BCUT2D eigenvalue weighted by atomic mass is 9.86. The van der Waals surface area contributed by atoms with E-state index < -0.39 is 0 Å². The zero-order chi connectivity index (χ0) is 16.0. The summed E-state index contributed by atoms with van der Waals surface area (Å²) >= 11 is 0. The molecular weight excluding hydrogens is 262 g/mol. The maximum absolute atomic E-state index is 12.2. The molecule has 0 spiro atoms. The van der Waals surface area contributed by atoms with E-state index >= 15 is 0 Å². The van der Waals surface area contributed by atoms with Gasteiger partial charge in [0.15, 0.2) is 0 Å². The molecule has 0 saturated heterocycles. The monoisotopic (exact) mass is 291 g/mol. The SMILES string of the molecule is CCOC(=O)C(NCC(C)C)c1ccc(C(C)(C)C)cc1. The van der Waals surface area contributed by atoms with Crippen LogP contribution < -0.4 is 5.32 Å². The van der Waals surface area contributed by atoms with Gasteiger partial charge in [0.05, 0.1) is 6.61 Å². The Kier molecular flexibility index (Phi) is 6.41. The van der Waals surface area contributed by atoms with E-state index in [-0.39, 0.29) is 17.4 Å². The molecule has 3 heteroatoms. The van der Waals surface area contributed by atoms with Crippen molar-refractivity contribution in [3.63, 3.8) is 0 Å². The van der Waals surface area contributed by atoms with Gasteiger partial charge in [-0.05, 0) is 35.9 Å². The Balaban J connectivity index is 2.94. The van der Waals surface area contributed by atoms with Crippen LogP contribution in [0.5, 0.6) is 0 Å². The summed E-state index contributed by atoms with van der Waals surface area (Å²) in [4.78, 5) is 12.2. The number of carbonyl (C=O) groups excluding carboxylic acids is 1. The molecule has 1 atom stereocenters. The first-order valence-corrected chi connectivity index (χ1v) is 7.76. The van der Waals surface area contributed by atoms with Crippen molar-refractivity contribution in [2.45, 2.75) is 53.0 Å². The smallest absolute Gasteiger partial charge is 0.327 e. The van der Waals surface area contributed by atoms with E-state index in [2.05, 4.69) is 52.1 Å². The molecule has 0 fully saturated rings. The molecule has 0 aliphatic rings. The average Bonchev–Trinajstić information content (AvgIpc) is 2.38. The maximum Gasteiger partial charge on any atom is 0.327 e. The van der Waals surface area contributed by atoms with Crippen LogP contribution in [-0.2, 0) is 14.9 Å². The molecule has 0 saturated carbocycles. The van der Waals surface area contributed by atoms with Crippen LogP contribution in [0.1, 0.15) is 58.7 Å². The lowest BCUT2D eigenvalue weighted by Crippen LogP contribution is -2.32. The molecule has 0 aromatic heterocycles. The van der Waals surface area contributed by atoms with Crippen molar-refractivity contribution in [1.82, 2.24) is 5.32 Å². The van der Waals surface area contributed by atoms with E-state index in [4.69, 9.17) is 4.74 Å². The molecule has 0 aliphatic carbocycles. The van der Waals surface area contributed by atoms with Crippen molar-refractivity contribution in [2.24, 2.45) is 5.92 Å².